The highest BCUT2D eigenvalue weighted by Gasteiger charge is 2.18. The molecule has 2 rings (SSSR count). The molecule has 1 saturated heterocycles. The summed E-state index contributed by atoms with van der Waals surface area (Å²) in [6.45, 7) is 8.08. The Labute approximate surface area is 121 Å². The fourth-order valence-electron chi connectivity index (χ4n) is 2.15. The molecule has 0 saturated carbocycles. The third-order valence-corrected chi connectivity index (χ3v) is 3.38. The van der Waals surface area contributed by atoms with Crippen LogP contribution in [0.2, 0.25) is 0 Å². The molecule has 0 bridgehead atoms. The molecule has 0 aromatic heterocycles. The molecule has 0 unspecified atom stereocenters. The predicted octanol–water partition coefficient (Wildman–Crippen LogP) is 2.94. The molecule has 1 aromatic carbocycles. The van der Waals surface area contributed by atoms with E-state index in [1.54, 1.807) is 13.0 Å². The van der Waals surface area contributed by atoms with Gasteiger partial charge < -0.3 is 5.32 Å². The highest BCUT2D eigenvalue weighted by atomic mass is 35.5. The maximum absolute atomic E-state index is 13.5. The van der Waals surface area contributed by atoms with E-state index in [2.05, 4.69) is 17.1 Å². The van der Waals surface area contributed by atoms with Gasteiger partial charge in [-0.1, -0.05) is 12.1 Å². The van der Waals surface area contributed by atoms with E-state index in [9.17, 15) is 4.39 Å². The minimum Gasteiger partial charge on any atom is -0.314 e. The average molecular weight is 295 g/mol. The molecule has 1 fully saturated rings. The molecule has 0 aliphatic carbocycles. The molecule has 1 N–H and O–H groups in total. The first-order valence-corrected chi connectivity index (χ1v) is 5.89. The lowest BCUT2D eigenvalue weighted by Gasteiger charge is -2.33. The third-order valence-electron chi connectivity index (χ3n) is 3.38. The Kier molecular flexibility index (Phi) is 7.79. The highest BCUT2D eigenvalue weighted by molar-refractivity contribution is 5.85. The summed E-state index contributed by atoms with van der Waals surface area (Å²) in [6.07, 6.45) is 0. The molecule has 0 amide bonds. The zero-order valence-corrected chi connectivity index (χ0v) is 12.4. The summed E-state index contributed by atoms with van der Waals surface area (Å²) >= 11 is 0. The molecular weight excluding hydrogens is 274 g/mol. The Morgan fingerprint density at radius 2 is 1.83 bits per heavy atom. The van der Waals surface area contributed by atoms with Crippen molar-refractivity contribution < 1.29 is 4.39 Å². The number of nitrogens with one attached hydrogen (secondary N) is 1. The lowest BCUT2D eigenvalue weighted by atomic mass is 10.0. The largest absolute Gasteiger partial charge is 0.314 e. The molecule has 104 valence electrons. The summed E-state index contributed by atoms with van der Waals surface area (Å²) in [5, 5.41) is 3.33. The first-order valence-electron chi connectivity index (χ1n) is 5.89. The van der Waals surface area contributed by atoms with Gasteiger partial charge in [0.05, 0.1) is 0 Å². The van der Waals surface area contributed by atoms with E-state index < -0.39 is 0 Å². The Morgan fingerprint density at radius 1 is 1.22 bits per heavy atom. The first kappa shape index (κ1) is 17.6. The van der Waals surface area contributed by atoms with Gasteiger partial charge in [-0.25, -0.2) is 4.39 Å². The van der Waals surface area contributed by atoms with E-state index in [-0.39, 0.29) is 30.6 Å². The van der Waals surface area contributed by atoms with Crippen LogP contribution in [0, 0.1) is 12.7 Å². The van der Waals surface area contributed by atoms with Crippen molar-refractivity contribution in [3.63, 3.8) is 0 Å². The van der Waals surface area contributed by atoms with Crippen molar-refractivity contribution in [2.24, 2.45) is 0 Å². The molecule has 1 aromatic rings. The summed E-state index contributed by atoms with van der Waals surface area (Å²) in [5.74, 6) is -0.0977. The fraction of sp³-hybridized carbons (Fsp3) is 0.538. The number of rotatable bonds is 2. The summed E-state index contributed by atoms with van der Waals surface area (Å²) in [7, 11) is 0. The average Bonchev–Trinajstić information content (AvgIpc) is 2.33. The van der Waals surface area contributed by atoms with Crippen LogP contribution in [0.4, 0.5) is 4.39 Å². The number of piperazine rings is 1. The van der Waals surface area contributed by atoms with E-state index in [4.69, 9.17) is 0 Å². The number of hydrogen-bond acceptors (Lipinski definition) is 2. The van der Waals surface area contributed by atoms with Gasteiger partial charge in [0.25, 0.3) is 0 Å². The normalized spacial score (nSPS) is 17.5. The second-order valence-corrected chi connectivity index (χ2v) is 4.47. The SMILES string of the molecule is Cc1ccc([C@@H](C)N2CCNCC2)cc1F.Cl.Cl. The van der Waals surface area contributed by atoms with Crippen molar-refractivity contribution in [2.75, 3.05) is 26.2 Å². The van der Waals surface area contributed by atoms with Crippen molar-refractivity contribution in [1.82, 2.24) is 10.2 Å². The van der Waals surface area contributed by atoms with Gasteiger partial charge in [-0.05, 0) is 31.0 Å². The molecule has 1 aliphatic heterocycles. The molecule has 1 atom stereocenters. The van der Waals surface area contributed by atoms with Crippen LogP contribution in [-0.2, 0) is 0 Å². The van der Waals surface area contributed by atoms with Crippen LogP contribution < -0.4 is 5.32 Å². The first-order chi connectivity index (χ1) is 7.68. The lowest BCUT2D eigenvalue weighted by Crippen LogP contribution is -2.44. The number of hydrogen-bond donors (Lipinski definition) is 1. The van der Waals surface area contributed by atoms with E-state index >= 15 is 0 Å². The number of halogens is 3. The highest BCUT2D eigenvalue weighted by Crippen LogP contribution is 2.22. The van der Waals surface area contributed by atoms with Crippen LogP contribution in [0.25, 0.3) is 0 Å². The molecule has 1 aliphatic rings. The second-order valence-electron chi connectivity index (χ2n) is 4.47. The molecular formula is C13H21Cl2FN2. The van der Waals surface area contributed by atoms with E-state index in [0.717, 1.165) is 37.3 Å². The zero-order chi connectivity index (χ0) is 11.5. The minimum absolute atomic E-state index is 0. The van der Waals surface area contributed by atoms with Crippen molar-refractivity contribution >= 4 is 24.8 Å². The molecule has 0 radical (unpaired) electrons. The Balaban J connectivity index is 0.00000144. The Hall–Kier alpha value is -0.350. The zero-order valence-electron chi connectivity index (χ0n) is 10.8. The van der Waals surface area contributed by atoms with Crippen LogP contribution in [0.5, 0.6) is 0 Å². The summed E-state index contributed by atoms with van der Waals surface area (Å²) in [6, 6.07) is 5.87. The van der Waals surface area contributed by atoms with Crippen LogP contribution in [0.1, 0.15) is 24.1 Å². The number of aryl methyl sites for hydroxylation is 1. The molecule has 5 heteroatoms. The smallest absolute Gasteiger partial charge is 0.126 e. The van der Waals surface area contributed by atoms with Crippen LogP contribution in [0.3, 0.4) is 0 Å². The third kappa shape index (κ3) is 4.09. The molecule has 18 heavy (non-hydrogen) atoms. The Bertz CT molecular complexity index is 368. The summed E-state index contributed by atoms with van der Waals surface area (Å²) in [4.78, 5) is 2.39. The van der Waals surface area contributed by atoms with Crippen molar-refractivity contribution in [3.05, 3.63) is 35.1 Å². The lowest BCUT2D eigenvalue weighted by molar-refractivity contribution is 0.185. The van der Waals surface area contributed by atoms with Crippen molar-refractivity contribution in [3.8, 4) is 0 Å². The van der Waals surface area contributed by atoms with E-state index in [0.29, 0.717) is 6.04 Å². The Morgan fingerprint density at radius 3 is 2.39 bits per heavy atom. The van der Waals surface area contributed by atoms with Gasteiger partial charge in [0.1, 0.15) is 5.82 Å². The van der Waals surface area contributed by atoms with Crippen molar-refractivity contribution in [1.29, 1.82) is 0 Å². The van der Waals surface area contributed by atoms with Gasteiger partial charge in [0.15, 0.2) is 0 Å². The number of benzene rings is 1. The minimum atomic E-state index is -0.0977. The quantitative estimate of drug-likeness (QED) is 0.902. The fourth-order valence-corrected chi connectivity index (χ4v) is 2.15. The monoisotopic (exact) mass is 294 g/mol. The van der Waals surface area contributed by atoms with Gasteiger partial charge in [-0.2, -0.15) is 0 Å². The summed E-state index contributed by atoms with van der Waals surface area (Å²) < 4.78 is 13.5. The maximum Gasteiger partial charge on any atom is 0.126 e. The van der Waals surface area contributed by atoms with Gasteiger partial charge in [-0.3, -0.25) is 4.90 Å². The van der Waals surface area contributed by atoms with E-state index in [1.807, 2.05) is 12.1 Å². The molecule has 1 heterocycles. The van der Waals surface area contributed by atoms with Gasteiger partial charge in [-0.15, -0.1) is 24.8 Å². The van der Waals surface area contributed by atoms with Gasteiger partial charge >= 0.3 is 0 Å². The molecule has 0 spiro atoms. The van der Waals surface area contributed by atoms with Crippen LogP contribution in [-0.4, -0.2) is 31.1 Å². The predicted molar refractivity (Wildman–Crippen MR) is 78.5 cm³/mol. The van der Waals surface area contributed by atoms with Crippen LogP contribution >= 0.6 is 24.8 Å². The second kappa shape index (κ2) is 7.95. The molecule has 2 nitrogen and oxygen atoms in total. The maximum atomic E-state index is 13.5. The van der Waals surface area contributed by atoms with E-state index in [1.165, 1.54) is 0 Å². The van der Waals surface area contributed by atoms with Gasteiger partial charge in [0, 0.05) is 32.2 Å². The number of nitrogens with zero attached hydrogens (tertiary/aromatic N) is 1. The topological polar surface area (TPSA) is 15.3 Å². The van der Waals surface area contributed by atoms with Gasteiger partial charge in [0.2, 0.25) is 0 Å². The van der Waals surface area contributed by atoms with Crippen LogP contribution in [0.15, 0.2) is 18.2 Å². The summed E-state index contributed by atoms with van der Waals surface area (Å²) in [5.41, 5.74) is 1.79. The van der Waals surface area contributed by atoms with Crippen molar-refractivity contribution in [2.45, 2.75) is 19.9 Å². The standard InChI is InChI=1S/C13H19FN2.2ClH/c1-10-3-4-12(9-13(10)14)11(2)16-7-5-15-6-8-16;;/h3-4,9,11,15H,5-8H2,1-2H3;2*1H/t11-;;/m1../s1.